The van der Waals surface area contributed by atoms with Crippen LogP contribution in [0.15, 0.2) is 48.3 Å². The van der Waals surface area contributed by atoms with Gasteiger partial charge in [-0.05, 0) is 31.0 Å². The summed E-state index contributed by atoms with van der Waals surface area (Å²) in [6.45, 7) is 0. The number of hydrogen-bond acceptors (Lipinski definition) is 5. The number of aromatic amines is 2. The number of H-pyrrole nitrogens is 2. The molecule has 1 atom stereocenters. The maximum absolute atomic E-state index is 13.4. The number of Topliss-reactive ketones (excluding diaryl/α,β-unsaturated/α-hetero) is 1. The van der Waals surface area contributed by atoms with Gasteiger partial charge in [0.05, 0.1) is 22.9 Å². The minimum absolute atomic E-state index is 0.140. The van der Waals surface area contributed by atoms with Crippen LogP contribution in [0.2, 0.25) is 0 Å². The van der Waals surface area contributed by atoms with Gasteiger partial charge < -0.3 is 15.1 Å². The van der Waals surface area contributed by atoms with Crippen molar-refractivity contribution in [1.29, 1.82) is 0 Å². The van der Waals surface area contributed by atoms with Crippen molar-refractivity contribution in [3.05, 3.63) is 54.1 Å². The van der Waals surface area contributed by atoms with E-state index in [0.29, 0.717) is 11.5 Å². The molecule has 1 aromatic carbocycles. The summed E-state index contributed by atoms with van der Waals surface area (Å²) in [5.41, 5.74) is 2.23. The largest absolute Gasteiger partial charge is 0.503 e. The van der Waals surface area contributed by atoms with Gasteiger partial charge in [-0.15, -0.1) is 0 Å². The van der Waals surface area contributed by atoms with Crippen molar-refractivity contribution in [2.45, 2.75) is 38.1 Å². The van der Waals surface area contributed by atoms with Crippen molar-refractivity contribution in [1.82, 2.24) is 19.9 Å². The predicted octanol–water partition coefficient (Wildman–Crippen LogP) is 3.34. The highest BCUT2D eigenvalue weighted by atomic mass is 16.3. The van der Waals surface area contributed by atoms with Crippen molar-refractivity contribution in [2.75, 3.05) is 4.90 Å². The molecule has 148 valence electrons. The van der Waals surface area contributed by atoms with E-state index in [9.17, 15) is 14.7 Å². The van der Waals surface area contributed by atoms with Gasteiger partial charge in [-0.3, -0.25) is 14.5 Å². The molecule has 2 aliphatic rings. The lowest BCUT2D eigenvalue weighted by molar-refractivity contribution is -0.121. The SMILES string of the molecule is O=C(C1=C(O)C(=O)N(c2ccc3nc[nH]c3c2)C1c1ncc[nH]1)C1CCCCC1. The molecular weight excluding hydrogens is 370 g/mol. The monoisotopic (exact) mass is 391 g/mol. The van der Waals surface area contributed by atoms with Crippen molar-refractivity contribution >= 4 is 28.4 Å². The summed E-state index contributed by atoms with van der Waals surface area (Å²) in [5, 5.41) is 10.7. The fraction of sp³-hybridized carbons (Fsp3) is 0.333. The molecule has 3 heterocycles. The van der Waals surface area contributed by atoms with E-state index < -0.39 is 17.7 Å². The van der Waals surface area contributed by atoms with Gasteiger partial charge >= 0.3 is 0 Å². The number of nitrogens with zero attached hydrogens (tertiary/aromatic N) is 3. The predicted molar refractivity (Wildman–Crippen MR) is 106 cm³/mol. The highest BCUT2D eigenvalue weighted by Crippen LogP contribution is 2.42. The van der Waals surface area contributed by atoms with Crippen LogP contribution < -0.4 is 4.90 Å². The molecular formula is C21H21N5O3. The van der Waals surface area contributed by atoms with Crippen LogP contribution in [0.4, 0.5) is 5.69 Å². The number of amides is 1. The van der Waals surface area contributed by atoms with Crippen LogP contribution in [-0.4, -0.2) is 36.7 Å². The number of ketones is 1. The van der Waals surface area contributed by atoms with Gasteiger partial charge in [0, 0.05) is 24.0 Å². The first-order valence-electron chi connectivity index (χ1n) is 9.88. The molecule has 1 fully saturated rings. The van der Waals surface area contributed by atoms with E-state index in [1.807, 2.05) is 0 Å². The molecule has 1 saturated carbocycles. The van der Waals surface area contributed by atoms with Crippen molar-refractivity contribution < 1.29 is 14.7 Å². The number of aromatic nitrogens is 4. The molecule has 1 amide bonds. The van der Waals surface area contributed by atoms with Gasteiger partial charge in [0.15, 0.2) is 11.5 Å². The summed E-state index contributed by atoms with van der Waals surface area (Å²) in [6.07, 6.45) is 9.48. The molecule has 0 spiro atoms. The third-order valence-electron chi connectivity index (χ3n) is 5.91. The Morgan fingerprint density at radius 3 is 2.72 bits per heavy atom. The van der Waals surface area contributed by atoms with Gasteiger partial charge in [-0.2, -0.15) is 0 Å². The summed E-state index contributed by atoms with van der Waals surface area (Å²) in [5.74, 6) is -0.939. The Hall–Kier alpha value is -3.42. The number of carbonyl (C=O) groups excluding carboxylic acids is 2. The number of benzene rings is 1. The molecule has 8 heteroatoms. The molecule has 0 saturated heterocycles. The molecule has 8 nitrogen and oxygen atoms in total. The number of nitrogens with one attached hydrogen (secondary N) is 2. The maximum Gasteiger partial charge on any atom is 0.294 e. The Balaban J connectivity index is 1.60. The maximum atomic E-state index is 13.4. The van der Waals surface area contributed by atoms with Gasteiger partial charge in [0.1, 0.15) is 11.9 Å². The van der Waals surface area contributed by atoms with Crippen LogP contribution in [0.25, 0.3) is 11.0 Å². The van der Waals surface area contributed by atoms with Crippen LogP contribution in [-0.2, 0) is 9.59 Å². The number of aliphatic hydroxyl groups excluding tert-OH is 1. The number of anilines is 1. The number of imidazole rings is 2. The number of carbonyl (C=O) groups is 2. The first-order chi connectivity index (χ1) is 14.1. The molecule has 0 radical (unpaired) electrons. The zero-order valence-corrected chi connectivity index (χ0v) is 15.8. The quantitative estimate of drug-likeness (QED) is 0.631. The highest BCUT2D eigenvalue weighted by molar-refractivity contribution is 6.17. The van der Waals surface area contributed by atoms with Crippen molar-refractivity contribution in [3.63, 3.8) is 0 Å². The Morgan fingerprint density at radius 2 is 1.97 bits per heavy atom. The van der Waals surface area contributed by atoms with E-state index in [-0.39, 0.29) is 17.3 Å². The second-order valence-electron chi connectivity index (χ2n) is 7.62. The zero-order chi connectivity index (χ0) is 20.0. The molecule has 3 N–H and O–H groups in total. The molecule has 3 aromatic rings. The Labute approximate surface area is 166 Å². The second kappa shape index (κ2) is 6.88. The van der Waals surface area contributed by atoms with Gasteiger partial charge in [0.2, 0.25) is 0 Å². The second-order valence-corrected chi connectivity index (χ2v) is 7.62. The summed E-state index contributed by atoms with van der Waals surface area (Å²) in [7, 11) is 0. The lowest BCUT2D eigenvalue weighted by atomic mass is 9.82. The van der Waals surface area contributed by atoms with E-state index in [0.717, 1.165) is 43.1 Å². The van der Waals surface area contributed by atoms with Crippen molar-refractivity contribution in [3.8, 4) is 0 Å². The molecule has 29 heavy (non-hydrogen) atoms. The Morgan fingerprint density at radius 1 is 1.14 bits per heavy atom. The van der Waals surface area contributed by atoms with E-state index in [1.165, 1.54) is 4.90 Å². The molecule has 1 unspecified atom stereocenters. The van der Waals surface area contributed by atoms with Crippen molar-refractivity contribution in [2.24, 2.45) is 5.92 Å². The third kappa shape index (κ3) is 2.83. The van der Waals surface area contributed by atoms with E-state index in [2.05, 4.69) is 19.9 Å². The number of fused-ring (bicyclic) bond motifs is 1. The fourth-order valence-electron chi connectivity index (χ4n) is 4.47. The third-order valence-corrected chi connectivity index (χ3v) is 5.91. The van der Waals surface area contributed by atoms with Crippen LogP contribution in [0.1, 0.15) is 44.0 Å². The van der Waals surface area contributed by atoms with E-state index in [1.54, 1.807) is 36.9 Å². The topological polar surface area (TPSA) is 115 Å². The molecule has 2 aromatic heterocycles. The standard InChI is InChI=1S/C21H21N5O3/c27-18(12-4-2-1-3-5-12)16-17(20-22-8-9-23-20)26(21(29)19(16)28)13-6-7-14-15(10-13)25-11-24-14/h6-12,17,28H,1-5H2,(H,22,23)(H,24,25). The molecule has 0 bridgehead atoms. The number of rotatable bonds is 4. The van der Waals surface area contributed by atoms with E-state index in [4.69, 9.17) is 0 Å². The minimum Gasteiger partial charge on any atom is -0.503 e. The van der Waals surface area contributed by atoms with Crippen LogP contribution >= 0.6 is 0 Å². The zero-order valence-electron chi connectivity index (χ0n) is 15.8. The van der Waals surface area contributed by atoms with Crippen LogP contribution in [0.3, 0.4) is 0 Å². The summed E-state index contributed by atoms with van der Waals surface area (Å²) >= 11 is 0. The smallest absolute Gasteiger partial charge is 0.294 e. The first-order valence-corrected chi connectivity index (χ1v) is 9.88. The van der Waals surface area contributed by atoms with Gasteiger partial charge in [-0.1, -0.05) is 19.3 Å². The van der Waals surface area contributed by atoms with Gasteiger partial charge in [-0.25, -0.2) is 9.97 Å². The molecule has 1 aliphatic heterocycles. The Kier molecular flexibility index (Phi) is 4.19. The fourth-order valence-corrected chi connectivity index (χ4v) is 4.47. The molecule has 5 rings (SSSR count). The summed E-state index contributed by atoms with van der Waals surface area (Å²) < 4.78 is 0. The molecule has 1 aliphatic carbocycles. The Bertz CT molecular complexity index is 1110. The van der Waals surface area contributed by atoms with Crippen LogP contribution in [0.5, 0.6) is 0 Å². The first kappa shape index (κ1) is 17.7. The normalized spacial score (nSPS) is 20.8. The highest BCUT2D eigenvalue weighted by Gasteiger charge is 2.47. The summed E-state index contributed by atoms with van der Waals surface area (Å²) in [4.78, 5) is 42.4. The van der Waals surface area contributed by atoms with Crippen LogP contribution in [0, 0.1) is 5.92 Å². The lowest BCUT2D eigenvalue weighted by Gasteiger charge is -2.27. The van der Waals surface area contributed by atoms with Gasteiger partial charge in [0.25, 0.3) is 5.91 Å². The lowest BCUT2D eigenvalue weighted by Crippen LogP contribution is -2.32. The average Bonchev–Trinajstić information content (AvgIpc) is 3.48. The minimum atomic E-state index is -0.785. The number of hydrogen-bond donors (Lipinski definition) is 3. The van der Waals surface area contributed by atoms with E-state index >= 15 is 0 Å². The number of aliphatic hydroxyl groups is 1. The average molecular weight is 391 g/mol. The summed E-state index contributed by atoms with van der Waals surface area (Å²) in [6, 6.07) is 4.56.